The van der Waals surface area contributed by atoms with Crippen molar-refractivity contribution in [2.24, 2.45) is 10.7 Å². The van der Waals surface area contributed by atoms with Crippen LogP contribution >= 0.6 is 0 Å². The number of nitrogens with zero attached hydrogens (tertiary/aromatic N) is 1. The molecule has 0 spiro atoms. The third-order valence-electron chi connectivity index (χ3n) is 2.57. The highest BCUT2D eigenvalue weighted by molar-refractivity contribution is 5.98. The third-order valence-corrected chi connectivity index (χ3v) is 2.57. The van der Waals surface area contributed by atoms with Crippen molar-refractivity contribution in [3.8, 4) is 5.75 Å². The Labute approximate surface area is 106 Å². The smallest absolute Gasteiger partial charge is 0.252 e. The number of isocyanates is 1. The maximum absolute atomic E-state index is 11.4. The van der Waals surface area contributed by atoms with Crippen LogP contribution in [0.5, 0.6) is 5.75 Å². The molecule has 1 rings (SSSR count). The van der Waals surface area contributed by atoms with Crippen molar-refractivity contribution in [2.45, 2.75) is 26.2 Å². The molecule has 0 heterocycles. The largest absolute Gasteiger partial charge is 0.494 e. The molecule has 2 N–H and O–H groups in total. The first-order valence-corrected chi connectivity index (χ1v) is 5.41. The molecule has 96 valence electrons. The minimum atomic E-state index is -0.625. The number of benzene rings is 1. The van der Waals surface area contributed by atoms with Crippen LogP contribution in [0.1, 0.15) is 36.7 Å². The minimum Gasteiger partial charge on any atom is -0.494 e. The molecule has 1 aromatic rings. The highest BCUT2D eigenvalue weighted by Crippen LogP contribution is 2.36. The van der Waals surface area contributed by atoms with Gasteiger partial charge in [0, 0.05) is 0 Å². The number of rotatable bonds is 3. The summed E-state index contributed by atoms with van der Waals surface area (Å²) in [5.74, 6) is -0.431. The maximum Gasteiger partial charge on any atom is 0.252 e. The molecule has 0 saturated heterocycles. The lowest BCUT2D eigenvalue weighted by atomic mass is 9.85. The van der Waals surface area contributed by atoms with E-state index < -0.39 is 5.91 Å². The van der Waals surface area contributed by atoms with Gasteiger partial charge >= 0.3 is 0 Å². The van der Waals surface area contributed by atoms with Crippen LogP contribution in [0.15, 0.2) is 17.1 Å². The first kappa shape index (κ1) is 13.9. The second kappa shape index (κ2) is 5.02. The standard InChI is InChI=1S/C13H16N2O3/c1-13(2,3)8-5-9(12(14)17)11(18-4)10(6-8)15-7-16/h5-6H,1-4H3,(H2,14,17). The number of ether oxygens (including phenoxy) is 1. The fraction of sp³-hybridized carbons (Fsp3) is 0.385. The van der Waals surface area contributed by atoms with E-state index in [1.54, 1.807) is 12.1 Å². The monoisotopic (exact) mass is 248 g/mol. The molecule has 0 unspecified atom stereocenters. The van der Waals surface area contributed by atoms with E-state index in [-0.39, 0.29) is 22.4 Å². The van der Waals surface area contributed by atoms with Gasteiger partial charge in [0.1, 0.15) is 5.69 Å². The zero-order valence-electron chi connectivity index (χ0n) is 10.9. The van der Waals surface area contributed by atoms with Crippen LogP contribution < -0.4 is 10.5 Å². The summed E-state index contributed by atoms with van der Waals surface area (Å²) in [7, 11) is 1.39. The molecule has 0 atom stereocenters. The molecule has 1 aromatic carbocycles. The molecule has 18 heavy (non-hydrogen) atoms. The Bertz CT molecular complexity index is 501. The van der Waals surface area contributed by atoms with E-state index in [1.165, 1.54) is 13.2 Å². The van der Waals surface area contributed by atoms with Crippen LogP contribution in [0.25, 0.3) is 0 Å². The zero-order valence-corrected chi connectivity index (χ0v) is 10.9. The van der Waals surface area contributed by atoms with Gasteiger partial charge in [-0.1, -0.05) is 20.8 Å². The Morgan fingerprint density at radius 1 is 1.39 bits per heavy atom. The number of amides is 1. The fourth-order valence-corrected chi connectivity index (χ4v) is 1.58. The van der Waals surface area contributed by atoms with Gasteiger partial charge in [0.2, 0.25) is 6.08 Å². The number of carbonyl (C=O) groups excluding carboxylic acids is 2. The highest BCUT2D eigenvalue weighted by atomic mass is 16.5. The molecule has 0 aromatic heterocycles. The molecule has 0 saturated carbocycles. The normalized spacial score (nSPS) is 10.7. The summed E-state index contributed by atoms with van der Waals surface area (Å²) in [6, 6.07) is 3.35. The summed E-state index contributed by atoms with van der Waals surface area (Å²) >= 11 is 0. The van der Waals surface area contributed by atoms with E-state index in [0.29, 0.717) is 0 Å². The van der Waals surface area contributed by atoms with Gasteiger partial charge in [-0.3, -0.25) is 4.79 Å². The number of methoxy groups -OCH3 is 1. The average molecular weight is 248 g/mol. The molecule has 5 heteroatoms. The van der Waals surface area contributed by atoms with Crippen molar-refractivity contribution in [3.63, 3.8) is 0 Å². The van der Waals surface area contributed by atoms with Crippen molar-refractivity contribution in [3.05, 3.63) is 23.3 Å². The molecular formula is C13H16N2O3. The molecule has 0 aliphatic rings. The lowest BCUT2D eigenvalue weighted by Gasteiger charge is -2.21. The molecule has 0 aliphatic heterocycles. The van der Waals surface area contributed by atoms with E-state index in [2.05, 4.69) is 4.99 Å². The van der Waals surface area contributed by atoms with E-state index in [0.717, 1.165) is 5.56 Å². The number of aliphatic imine (C=N–C) groups is 1. The number of primary amides is 1. The third kappa shape index (κ3) is 2.76. The van der Waals surface area contributed by atoms with Crippen LogP contribution in [0.2, 0.25) is 0 Å². The van der Waals surface area contributed by atoms with Gasteiger partial charge in [0.05, 0.1) is 12.7 Å². The Hall–Kier alpha value is -2.13. The molecular weight excluding hydrogens is 232 g/mol. The van der Waals surface area contributed by atoms with Crippen molar-refractivity contribution in [1.82, 2.24) is 0 Å². The number of carbonyl (C=O) groups is 1. The van der Waals surface area contributed by atoms with Gasteiger partial charge in [-0.25, -0.2) is 4.79 Å². The highest BCUT2D eigenvalue weighted by Gasteiger charge is 2.21. The van der Waals surface area contributed by atoms with Crippen LogP contribution in [-0.2, 0) is 10.2 Å². The van der Waals surface area contributed by atoms with E-state index >= 15 is 0 Å². The summed E-state index contributed by atoms with van der Waals surface area (Å²) in [5, 5.41) is 0. The lowest BCUT2D eigenvalue weighted by molar-refractivity contribution is 0.0997. The predicted octanol–water partition coefficient (Wildman–Crippen LogP) is 2.06. The quantitative estimate of drug-likeness (QED) is 0.656. The molecule has 5 nitrogen and oxygen atoms in total. The van der Waals surface area contributed by atoms with Gasteiger partial charge in [-0.2, -0.15) is 4.99 Å². The molecule has 0 fully saturated rings. The number of nitrogens with two attached hydrogens (primary N) is 1. The van der Waals surface area contributed by atoms with Crippen molar-refractivity contribution >= 4 is 17.7 Å². The maximum atomic E-state index is 11.4. The Balaban J connectivity index is 3.64. The van der Waals surface area contributed by atoms with E-state index in [4.69, 9.17) is 10.5 Å². The van der Waals surface area contributed by atoms with Crippen LogP contribution in [-0.4, -0.2) is 19.1 Å². The lowest BCUT2D eigenvalue weighted by Crippen LogP contribution is -2.17. The first-order valence-electron chi connectivity index (χ1n) is 5.41. The molecule has 1 amide bonds. The van der Waals surface area contributed by atoms with Crippen LogP contribution in [0.3, 0.4) is 0 Å². The van der Waals surface area contributed by atoms with E-state index in [1.807, 2.05) is 20.8 Å². The topological polar surface area (TPSA) is 81.8 Å². The number of hydrogen-bond acceptors (Lipinski definition) is 4. The average Bonchev–Trinajstić information content (AvgIpc) is 2.27. The van der Waals surface area contributed by atoms with Crippen molar-refractivity contribution < 1.29 is 14.3 Å². The van der Waals surface area contributed by atoms with Gasteiger partial charge in [0.15, 0.2) is 5.75 Å². The number of hydrogen-bond donors (Lipinski definition) is 1. The van der Waals surface area contributed by atoms with Gasteiger partial charge < -0.3 is 10.5 Å². The van der Waals surface area contributed by atoms with Gasteiger partial charge in [-0.15, -0.1) is 0 Å². The summed E-state index contributed by atoms with van der Waals surface area (Å²) < 4.78 is 5.08. The Kier molecular flexibility index (Phi) is 3.89. The summed E-state index contributed by atoms with van der Waals surface area (Å²) in [6.07, 6.45) is 1.45. The predicted molar refractivity (Wildman–Crippen MR) is 68.0 cm³/mol. The SMILES string of the molecule is COc1c(N=C=O)cc(C(C)(C)C)cc1C(N)=O. The Morgan fingerprint density at radius 2 is 2.00 bits per heavy atom. The summed E-state index contributed by atoms with van der Waals surface area (Å²) in [5.41, 5.74) is 6.41. The molecule has 0 bridgehead atoms. The second-order valence-electron chi connectivity index (χ2n) is 4.89. The van der Waals surface area contributed by atoms with Crippen molar-refractivity contribution in [1.29, 1.82) is 0 Å². The fourth-order valence-electron chi connectivity index (χ4n) is 1.58. The zero-order chi connectivity index (χ0) is 13.9. The second-order valence-corrected chi connectivity index (χ2v) is 4.89. The molecule has 0 aliphatic carbocycles. The Morgan fingerprint density at radius 3 is 2.39 bits per heavy atom. The van der Waals surface area contributed by atoms with Crippen LogP contribution in [0, 0.1) is 0 Å². The summed E-state index contributed by atoms with van der Waals surface area (Å²) in [4.78, 5) is 25.4. The van der Waals surface area contributed by atoms with Gasteiger partial charge in [-0.05, 0) is 23.1 Å². The van der Waals surface area contributed by atoms with E-state index in [9.17, 15) is 9.59 Å². The van der Waals surface area contributed by atoms with Gasteiger partial charge in [0.25, 0.3) is 5.91 Å². The first-order chi connectivity index (χ1) is 8.31. The van der Waals surface area contributed by atoms with Crippen molar-refractivity contribution in [2.75, 3.05) is 7.11 Å². The summed E-state index contributed by atoms with van der Waals surface area (Å²) in [6.45, 7) is 5.94. The minimum absolute atomic E-state index is 0.193. The van der Waals surface area contributed by atoms with Crippen LogP contribution in [0.4, 0.5) is 5.69 Å². The molecule has 0 radical (unpaired) electrons.